The Hall–Kier alpha value is -1.46. The number of pyridine rings is 1. The Morgan fingerprint density at radius 2 is 2.30 bits per heavy atom. The van der Waals surface area contributed by atoms with Crippen LogP contribution in [0.3, 0.4) is 0 Å². The van der Waals surface area contributed by atoms with Crippen LogP contribution < -0.4 is 0 Å². The minimum absolute atomic E-state index is 0.0722. The van der Waals surface area contributed by atoms with Gasteiger partial charge in [0.2, 0.25) is 5.91 Å². The lowest BCUT2D eigenvalue weighted by molar-refractivity contribution is -0.140. The first kappa shape index (κ1) is 14.9. The van der Waals surface area contributed by atoms with Gasteiger partial charge in [0, 0.05) is 26.3 Å². The van der Waals surface area contributed by atoms with Gasteiger partial charge >= 0.3 is 0 Å². The molecule has 5 heteroatoms. The van der Waals surface area contributed by atoms with Gasteiger partial charge in [0.25, 0.3) is 0 Å². The molecule has 2 rings (SSSR count). The lowest BCUT2D eigenvalue weighted by Crippen LogP contribution is -2.42. The second kappa shape index (κ2) is 6.81. The Morgan fingerprint density at radius 1 is 1.50 bits per heavy atom. The maximum Gasteiger partial charge on any atom is 0.225 e. The van der Waals surface area contributed by atoms with Gasteiger partial charge in [-0.3, -0.25) is 9.78 Å². The molecule has 110 valence electrons. The van der Waals surface area contributed by atoms with E-state index in [4.69, 9.17) is 4.74 Å². The number of methoxy groups -OCH3 is 1. The molecular formula is C15H22N2O3. The summed E-state index contributed by atoms with van der Waals surface area (Å²) in [6.45, 7) is 0.510. The van der Waals surface area contributed by atoms with Crippen LogP contribution in [0.4, 0.5) is 0 Å². The molecule has 3 atom stereocenters. The molecule has 1 aromatic rings. The van der Waals surface area contributed by atoms with E-state index in [9.17, 15) is 9.90 Å². The highest BCUT2D eigenvalue weighted by Crippen LogP contribution is 2.28. The van der Waals surface area contributed by atoms with Gasteiger partial charge < -0.3 is 14.7 Å². The van der Waals surface area contributed by atoms with Crippen molar-refractivity contribution in [3.8, 4) is 0 Å². The molecule has 0 saturated heterocycles. The highest BCUT2D eigenvalue weighted by atomic mass is 16.5. The summed E-state index contributed by atoms with van der Waals surface area (Å²) in [5.74, 6) is 0.0293. The molecule has 5 nitrogen and oxygen atoms in total. The summed E-state index contributed by atoms with van der Waals surface area (Å²) in [5, 5.41) is 9.78. The predicted octanol–water partition coefficient (Wildman–Crippen LogP) is 1.22. The van der Waals surface area contributed by atoms with Crippen LogP contribution in [-0.2, 0) is 16.1 Å². The number of aromatic nitrogens is 1. The van der Waals surface area contributed by atoms with Crippen LogP contribution in [0, 0.1) is 5.92 Å². The number of carbonyl (C=O) groups excluding carboxylic acids is 1. The maximum absolute atomic E-state index is 12.4. The third-order valence-electron chi connectivity index (χ3n) is 3.91. The topological polar surface area (TPSA) is 62.7 Å². The van der Waals surface area contributed by atoms with Crippen molar-refractivity contribution in [1.29, 1.82) is 0 Å². The van der Waals surface area contributed by atoms with Crippen LogP contribution in [0.5, 0.6) is 0 Å². The van der Waals surface area contributed by atoms with Crippen molar-refractivity contribution in [3.63, 3.8) is 0 Å². The fraction of sp³-hybridized carbons (Fsp3) is 0.600. The summed E-state index contributed by atoms with van der Waals surface area (Å²) in [7, 11) is 3.38. The normalized spacial score (nSPS) is 26.2. The number of rotatable bonds is 4. The van der Waals surface area contributed by atoms with Crippen LogP contribution in [0.1, 0.15) is 25.0 Å². The minimum Gasteiger partial charge on any atom is -0.390 e. The van der Waals surface area contributed by atoms with Gasteiger partial charge in [0.1, 0.15) is 0 Å². The van der Waals surface area contributed by atoms with Crippen molar-refractivity contribution in [1.82, 2.24) is 9.88 Å². The van der Waals surface area contributed by atoms with E-state index in [1.165, 1.54) is 0 Å². The minimum atomic E-state index is -0.454. The number of carbonyl (C=O) groups is 1. The van der Waals surface area contributed by atoms with Gasteiger partial charge in [0.15, 0.2) is 0 Å². The van der Waals surface area contributed by atoms with Crippen LogP contribution in [0.2, 0.25) is 0 Å². The zero-order valence-corrected chi connectivity index (χ0v) is 12.0. The van der Waals surface area contributed by atoms with Gasteiger partial charge in [-0.2, -0.15) is 0 Å². The third kappa shape index (κ3) is 3.55. The molecule has 1 fully saturated rings. The first-order valence-electron chi connectivity index (χ1n) is 6.97. The Kier molecular flexibility index (Phi) is 5.09. The molecule has 0 unspecified atom stereocenters. The molecular weight excluding hydrogens is 256 g/mol. The number of aliphatic hydroxyl groups excluding tert-OH is 1. The monoisotopic (exact) mass is 278 g/mol. The fourth-order valence-corrected chi connectivity index (χ4v) is 2.72. The zero-order chi connectivity index (χ0) is 14.5. The Labute approximate surface area is 119 Å². The maximum atomic E-state index is 12.4. The summed E-state index contributed by atoms with van der Waals surface area (Å²) in [6, 6.07) is 5.68. The molecule has 0 aliphatic heterocycles. The van der Waals surface area contributed by atoms with E-state index in [0.717, 1.165) is 5.69 Å². The largest absolute Gasteiger partial charge is 0.390 e. The summed E-state index contributed by atoms with van der Waals surface area (Å²) in [6.07, 6.45) is 2.96. The van der Waals surface area contributed by atoms with Crippen molar-refractivity contribution < 1.29 is 14.6 Å². The molecule has 1 N–H and O–H groups in total. The van der Waals surface area contributed by atoms with Crippen LogP contribution in [0.15, 0.2) is 24.4 Å². The van der Waals surface area contributed by atoms with Gasteiger partial charge in [0.05, 0.1) is 24.4 Å². The molecule has 0 bridgehead atoms. The molecule has 0 aromatic carbocycles. The molecule has 1 amide bonds. The highest BCUT2D eigenvalue weighted by Gasteiger charge is 2.34. The molecule has 1 heterocycles. The molecule has 1 saturated carbocycles. The Morgan fingerprint density at radius 3 is 2.95 bits per heavy atom. The quantitative estimate of drug-likeness (QED) is 0.899. The van der Waals surface area contributed by atoms with E-state index in [-0.39, 0.29) is 17.9 Å². The third-order valence-corrected chi connectivity index (χ3v) is 3.91. The number of nitrogens with zero attached hydrogens (tertiary/aromatic N) is 2. The van der Waals surface area contributed by atoms with E-state index in [2.05, 4.69) is 4.98 Å². The summed E-state index contributed by atoms with van der Waals surface area (Å²) < 4.78 is 5.25. The van der Waals surface area contributed by atoms with Crippen LogP contribution >= 0.6 is 0 Å². The Bertz CT molecular complexity index is 438. The number of amides is 1. The lowest BCUT2D eigenvalue weighted by atomic mass is 9.84. The lowest BCUT2D eigenvalue weighted by Gasteiger charge is -2.33. The molecule has 0 spiro atoms. The van der Waals surface area contributed by atoms with Crippen LogP contribution in [-0.4, -0.2) is 47.3 Å². The van der Waals surface area contributed by atoms with Gasteiger partial charge in [-0.25, -0.2) is 0 Å². The first-order chi connectivity index (χ1) is 9.61. The molecule has 20 heavy (non-hydrogen) atoms. The highest BCUT2D eigenvalue weighted by molar-refractivity contribution is 5.78. The molecule has 1 aliphatic rings. The number of hydrogen-bond acceptors (Lipinski definition) is 4. The molecule has 1 aliphatic carbocycles. The molecule has 0 radical (unpaired) electrons. The van der Waals surface area contributed by atoms with Gasteiger partial charge in [-0.05, 0) is 31.4 Å². The average molecular weight is 278 g/mol. The first-order valence-corrected chi connectivity index (χ1v) is 6.97. The summed E-state index contributed by atoms with van der Waals surface area (Å²) in [4.78, 5) is 18.4. The second-order valence-corrected chi connectivity index (χ2v) is 5.37. The smallest absolute Gasteiger partial charge is 0.225 e. The predicted molar refractivity (Wildman–Crippen MR) is 74.9 cm³/mol. The summed E-state index contributed by atoms with van der Waals surface area (Å²) in [5.41, 5.74) is 0.877. The van der Waals surface area contributed by atoms with E-state index in [0.29, 0.717) is 25.8 Å². The standard InChI is InChI=1S/C15H22N2O3/c1-17(10-12-5-3-4-8-16-12)15(19)11-6-7-13(18)14(9-11)20-2/h3-5,8,11,13-14,18H,6-7,9-10H2,1-2H3/t11-,13+,14-/m1/s1. The zero-order valence-electron chi connectivity index (χ0n) is 12.0. The van der Waals surface area contributed by atoms with E-state index < -0.39 is 6.10 Å². The average Bonchev–Trinajstić information content (AvgIpc) is 2.48. The van der Waals surface area contributed by atoms with Crippen molar-refractivity contribution in [2.24, 2.45) is 5.92 Å². The number of ether oxygens (including phenoxy) is 1. The second-order valence-electron chi connectivity index (χ2n) is 5.37. The van der Waals surface area contributed by atoms with E-state index in [1.807, 2.05) is 18.2 Å². The van der Waals surface area contributed by atoms with E-state index >= 15 is 0 Å². The van der Waals surface area contributed by atoms with E-state index in [1.54, 1.807) is 25.3 Å². The van der Waals surface area contributed by atoms with Crippen LogP contribution in [0.25, 0.3) is 0 Å². The van der Waals surface area contributed by atoms with Crippen molar-refractivity contribution in [2.75, 3.05) is 14.2 Å². The number of aliphatic hydroxyl groups is 1. The number of hydrogen-bond donors (Lipinski definition) is 1. The van der Waals surface area contributed by atoms with Crippen molar-refractivity contribution in [2.45, 2.75) is 38.0 Å². The summed E-state index contributed by atoms with van der Waals surface area (Å²) >= 11 is 0. The van der Waals surface area contributed by atoms with Crippen molar-refractivity contribution >= 4 is 5.91 Å². The molecule has 1 aromatic heterocycles. The van der Waals surface area contributed by atoms with Crippen molar-refractivity contribution in [3.05, 3.63) is 30.1 Å². The Balaban J connectivity index is 1.93. The fourth-order valence-electron chi connectivity index (χ4n) is 2.72. The SMILES string of the molecule is CO[C@@H]1C[C@H](C(=O)N(C)Cc2ccccn2)CC[C@@H]1O. The van der Waals surface area contributed by atoms with Gasteiger partial charge in [-0.1, -0.05) is 6.07 Å². The van der Waals surface area contributed by atoms with Gasteiger partial charge in [-0.15, -0.1) is 0 Å².